The number of allylic oxidation sites excluding steroid dienone is 2. The smallest absolute Gasteiger partial charge is 0.166 e. The molecule has 114 valence electrons. The molecule has 0 spiro atoms. The Morgan fingerprint density at radius 2 is 2.13 bits per heavy atom. The predicted octanol–water partition coefficient (Wildman–Crippen LogP) is 3.68. The third-order valence-corrected chi connectivity index (χ3v) is 4.57. The number of nitrogens with zero attached hydrogens (tertiary/aromatic N) is 2. The highest BCUT2D eigenvalue weighted by Crippen LogP contribution is 2.50. The van der Waals surface area contributed by atoms with Gasteiger partial charge in [-0.15, -0.1) is 0 Å². The van der Waals surface area contributed by atoms with Gasteiger partial charge in [-0.25, -0.2) is 4.99 Å². The molecule has 1 saturated heterocycles. The Morgan fingerprint density at radius 3 is 3.04 bits per heavy atom. The maximum absolute atomic E-state index is 5.95. The van der Waals surface area contributed by atoms with Crippen LogP contribution in [0.5, 0.6) is 0 Å². The van der Waals surface area contributed by atoms with Crippen molar-refractivity contribution in [2.75, 3.05) is 13.7 Å². The average molecular weight is 304 g/mol. The fraction of sp³-hybridized carbons (Fsp3) is 0.211. The molecular weight excluding hydrogens is 288 g/mol. The van der Waals surface area contributed by atoms with E-state index in [9.17, 15) is 0 Å². The van der Waals surface area contributed by atoms with Crippen LogP contribution in [0.4, 0.5) is 5.69 Å². The van der Waals surface area contributed by atoms with Gasteiger partial charge in [0, 0.05) is 29.8 Å². The molecule has 3 aliphatic rings. The van der Waals surface area contributed by atoms with Gasteiger partial charge in [-0.1, -0.05) is 42.5 Å². The van der Waals surface area contributed by atoms with Crippen LogP contribution < -0.4 is 0 Å². The minimum Gasteiger partial charge on any atom is -0.380 e. The van der Waals surface area contributed by atoms with Gasteiger partial charge < -0.3 is 14.4 Å². The lowest BCUT2D eigenvalue weighted by molar-refractivity contribution is 0.226. The number of amidine groups is 1. The van der Waals surface area contributed by atoms with Crippen molar-refractivity contribution < 1.29 is 9.47 Å². The monoisotopic (exact) mass is 304 g/mol. The molecule has 4 nitrogen and oxygen atoms in total. The molecule has 2 atom stereocenters. The molecule has 2 aromatic rings. The fourth-order valence-corrected chi connectivity index (χ4v) is 3.44. The van der Waals surface area contributed by atoms with E-state index in [0.29, 0.717) is 6.61 Å². The number of rotatable bonds is 2. The summed E-state index contributed by atoms with van der Waals surface area (Å²) >= 11 is 0. The van der Waals surface area contributed by atoms with Gasteiger partial charge in [0.2, 0.25) is 0 Å². The Balaban J connectivity index is 1.77. The van der Waals surface area contributed by atoms with Crippen LogP contribution in [0, 0.1) is 0 Å². The molecular formula is C19H16N2O2. The Hall–Kier alpha value is -2.43. The summed E-state index contributed by atoms with van der Waals surface area (Å²) in [6, 6.07) is 12.7. The molecule has 0 aliphatic carbocycles. The van der Waals surface area contributed by atoms with Crippen molar-refractivity contribution >= 4 is 22.3 Å². The third-order valence-electron chi connectivity index (χ3n) is 4.57. The van der Waals surface area contributed by atoms with Gasteiger partial charge in [0.05, 0.1) is 12.3 Å². The molecule has 0 bridgehead atoms. The van der Waals surface area contributed by atoms with Crippen molar-refractivity contribution in [2.24, 2.45) is 4.99 Å². The van der Waals surface area contributed by atoms with E-state index in [0.717, 1.165) is 17.1 Å². The number of methoxy groups -OCH3 is 1. The number of aliphatic imine (C=N–C) groups is 1. The van der Waals surface area contributed by atoms with Gasteiger partial charge in [-0.05, 0) is 11.5 Å². The maximum Gasteiger partial charge on any atom is 0.166 e. The lowest BCUT2D eigenvalue weighted by Gasteiger charge is -2.24. The number of hydrogen-bond acceptors (Lipinski definition) is 4. The summed E-state index contributed by atoms with van der Waals surface area (Å²) in [4.78, 5) is 7.15. The summed E-state index contributed by atoms with van der Waals surface area (Å²) in [5.41, 5.74) is 3.26. The molecule has 5 rings (SSSR count). The van der Waals surface area contributed by atoms with Gasteiger partial charge in [0.15, 0.2) is 6.23 Å². The molecule has 2 aromatic carbocycles. The first-order chi connectivity index (χ1) is 11.4. The van der Waals surface area contributed by atoms with Gasteiger partial charge in [0.1, 0.15) is 11.9 Å². The second-order valence-corrected chi connectivity index (χ2v) is 5.98. The molecule has 3 aliphatic heterocycles. The number of fused-ring (bicyclic) bond motifs is 7. The van der Waals surface area contributed by atoms with Crippen LogP contribution in [0.3, 0.4) is 0 Å². The van der Waals surface area contributed by atoms with Crippen LogP contribution in [0.1, 0.15) is 11.7 Å². The van der Waals surface area contributed by atoms with E-state index in [1.807, 2.05) is 12.3 Å². The quantitative estimate of drug-likeness (QED) is 0.794. The summed E-state index contributed by atoms with van der Waals surface area (Å²) in [7, 11) is 1.71. The van der Waals surface area contributed by atoms with Gasteiger partial charge >= 0.3 is 0 Å². The molecule has 0 aromatic heterocycles. The minimum absolute atomic E-state index is 0.0352. The highest BCUT2D eigenvalue weighted by Gasteiger charge is 2.49. The summed E-state index contributed by atoms with van der Waals surface area (Å²) in [6.45, 7) is 0.539. The highest BCUT2D eigenvalue weighted by atomic mass is 16.6. The van der Waals surface area contributed by atoms with E-state index in [4.69, 9.17) is 14.5 Å². The summed E-state index contributed by atoms with van der Waals surface area (Å²) < 4.78 is 11.3. The standard InChI is InChI=1S/C19H16N2O2/c1-22-11-13-6-4-10-21-18(13)20-16-14-7-3-2-5-12(14)8-9-15(16)17-19(21)23-17/h2-10,17,19H,11H2,1H3. The van der Waals surface area contributed by atoms with Crippen LogP contribution in [0.25, 0.3) is 10.8 Å². The third kappa shape index (κ3) is 1.89. The van der Waals surface area contributed by atoms with E-state index < -0.39 is 0 Å². The van der Waals surface area contributed by atoms with Crippen molar-refractivity contribution in [1.29, 1.82) is 0 Å². The SMILES string of the molecule is COCC1=CC=CN2C1=Nc1c(ccc3ccccc13)C1OC12. The number of hydrogen-bond donors (Lipinski definition) is 0. The van der Waals surface area contributed by atoms with Crippen LogP contribution in [0.15, 0.2) is 65.3 Å². The zero-order valence-corrected chi connectivity index (χ0v) is 12.8. The molecule has 1 fully saturated rings. The first-order valence-electron chi connectivity index (χ1n) is 7.77. The minimum atomic E-state index is 0.0352. The van der Waals surface area contributed by atoms with Crippen LogP contribution in [-0.2, 0) is 9.47 Å². The van der Waals surface area contributed by atoms with E-state index in [2.05, 4.69) is 47.4 Å². The Labute approximate surface area is 134 Å². The van der Waals surface area contributed by atoms with E-state index in [-0.39, 0.29) is 12.3 Å². The molecule has 3 heterocycles. The van der Waals surface area contributed by atoms with Crippen molar-refractivity contribution in [2.45, 2.75) is 12.3 Å². The lowest BCUT2D eigenvalue weighted by atomic mass is 10.0. The molecule has 23 heavy (non-hydrogen) atoms. The van der Waals surface area contributed by atoms with Crippen molar-refractivity contribution in [3.05, 3.63) is 65.9 Å². The Bertz CT molecular complexity index is 897. The largest absolute Gasteiger partial charge is 0.380 e. The number of ether oxygens (including phenoxy) is 2. The lowest BCUT2D eigenvalue weighted by Crippen LogP contribution is -2.32. The topological polar surface area (TPSA) is 37.4 Å². The summed E-state index contributed by atoms with van der Waals surface area (Å²) in [5, 5.41) is 2.37. The van der Waals surface area contributed by atoms with E-state index in [1.165, 1.54) is 16.3 Å². The molecule has 0 amide bonds. The van der Waals surface area contributed by atoms with Crippen molar-refractivity contribution in [3.8, 4) is 0 Å². The first kappa shape index (κ1) is 13.0. The highest BCUT2D eigenvalue weighted by molar-refractivity contribution is 6.06. The van der Waals surface area contributed by atoms with Crippen LogP contribution in [0.2, 0.25) is 0 Å². The second-order valence-electron chi connectivity index (χ2n) is 5.98. The van der Waals surface area contributed by atoms with Gasteiger partial charge in [-0.3, -0.25) is 0 Å². The Morgan fingerprint density at radius 1 is 1.22 bits per heavy atom. The van der Waals surface area contributed by atoms with Crippen LogP contribution >= 0.6 is 0 Å². The molecule has 0 N–H and O–H groups in total. The summed E-state index contributed by atoms with van der Waals surface area (Å²) in [5.74, 6) is 0.928. The molecule has 0 radical (unpaired) electrons. The second kappa shape index (κ2) is 4.78. The number of epoxide rings is 1. The molecule has 2 unspecified atom stereocenters. The zero-order chi connectivity index (χ0) is 15.4. The van der Waals surface area contributed by atoms with Crippen LogP contribution in [-0.4, -0.2) is 30.7 Å². The average Bonchev–Trinajstić information content (AvgIpc) is 3.37. The van der Waals surface area contributed by atoms with Gasteiger partial charge in [-0.2, -0.15) is 0 Å². The maximum atomic E-state index is 5.95. The fourth-order valence-electron chi connectivity index (χ4n) is 3.44. The van der Waals surface area contributed by atoms with E-state index in [1.54, 1.807) is 7.11 Å². The first-order valence-corrected chi connectivity index (χ1v) is 7.77. The normalized spacial score (nSPS) is 24.3. The molecule has 0 saturated carbocycles. The predicted molar refractivity (Wildman–Crippen MR) is 89.6 cm³/mol. The molecule has 4 heteroatoms. The van der Waals surface area contributed by atoms with Crippen molar-refractivity contribution in [1.82, 2.24) is 4.90 Å². The van der Waals surface area contributed by atoms with E-state index >= 15 is 0 Å². The van der Waals surface area contributed by atoms with Gasteiger partial charge in [0.25, 0.3) is 0 Å². The summed E-state index contributed by atoms with van der Waals surface area (Å²) in [6.07, 6.45) is 6.25. The Kier molecular flexibility index (Phi) is 2.71. The zero-order valence-electron chi connectivity index (χ0n) is 12.8. The number of benzene rings is 2. The van der Waals surface area contributed by atoms with Crippen molar-refractivity contribution in [3.63, 3.8) is 0 Å².